The van der Waals surface area contributed by atoms with E-state index in [0.717, 1.165) is 0 Å². The number of halogens is 3. The number of aromatic nitrogens is 5. The van der Waals surface area contributed by atoms with Crippen molar-refractivity contribution in [3.05, 3.63) is 48.0 Å². The molecule has 0 unspecified atom stereocenters. The number of anilines is 1. The standard InChI is InChI=1S/C23H22F3N7O2S/c1-14-11-31(8-9-33(14)18(34)12-32-13-29-16-4-3-7-27-20(16)32)21-19(30-22(36-21)23(24,25)26)15-5-6-17(35-2)28-10-15/h3-7,10,13-14H,8-9,11-12H2,1-2H3/t14-/m1/s1. The number of thiazole rings is 1. The van der Waals surface area contributed by atoms with Gasteiger partial charge in [0.05, 0.1) is 13.4 Å². The van der Waals surface area contributed by atoms with Crippen molar-refractivity contribution in [1.29, 1.82) is 0 Å². The molecule has 4 aromatic heterocycles. The third-order valence-electron chi connectivity index (χ3n) is 5.99. The first-order valence-electron chi connectivity index (χ1n) is 11.1. The summed E-state index contributed by atoms with van der Waals surface area (Å²) in [7, 11) is 1.46. The minimum Gasteiger partial charge on any atom is -0.481 e. The normalized spacial score (nSPS) is 16.5. The Morgan fingerprint density at radius 2 is 2.03 bits per heavy atom. The molecular formula is C23H22F3N7O2S. The predicted molar refractivity (Wildman–Crippen MR) is 128 cm³/mol. The highest BCUT2D eigenvalue weighted by Gasteiger charge is 2.38. The van der Waals surface area contributed by atoms with E-state index in [9.17, 15) is 18.0 Å². The zero-order valence-corrected chi connectivity index (χ0v) is 20.3. The van der Waals surface area contributed by atoms with Crippen LogP contribution < -0.4 is 9.64 Å². The van der Waals surface area contributed by atoms with Crippen molar-refractivity contribution in [3.8, 4) is 17.1 Å². The van der Waals surface area contributed by atoms with Crippen LogP contribution >= 0.6 is 11.3 Å². The van der Waals surface area contributed by atoms with E-state index < -0.39 is 11.2 Å². The van der Waals surface area contributed by atoms with Gasteiger partial charge in [-0.2, -0.15) is 13.2 Å². The first-order chi connectivity index (χ1) is 17.2. The Morgan fingerprint density at radius 3 is 2.72 bits per heavy atom. The van der Waals surface area contributed by atoms with E-state index in [1.807, 2.05) is 17.9 Å². The van der Waals surface area contributed by atoms with Gasteiger partial charge < -0.3 is 19.1 Å². The molecule has 1 saturated heterocycles. The second kappa shape index (κ2) is 9.37. The van der Waals surface area contributed by atoms with E-state index in [1.54, 1.807) is 40.2 Å². The monoisotopic (exact) mass is 517 g/mol. The van der Waals surface area contributed by atoms with Crippen LogP contribution in [0, 0.1) is 0 Å². The van der Waals surface area contributed by atoms with Gasteiger partial charge in [0.2, 0.25) is 16.8 Å². The molecule has 0 saturated carbocycles. The zero-order chi connectivity index (χ0) is 25.4. The number of hydrogen-bond acceptors (Lipinski definition) is 8. The molecule has 0 N–H and O–H groups in total. The first kappa shape index (κ1) is 24.0. The topological polar surface area (TPSA) is 89.3 Å². The number of amides is 1. The van der Waals surface area contributed by atoms with Gasteiger partial charge in [-0.25, -0.2) is 19.9 Å². The highest BCUT2D eigenvalue weighted by Crippen LogP contribution is 2.43. The summed E-state index contributed by atoms with van der Waals surface area (Å²) in [6.45, 7) is 3.06. The van der Waals surface area contributed by atoms with Gasteiger partial charge in [0, 0.05) is 49.7 Å². The van der Waals surface area contributed by atoms with Crippen molar-refractivity contribution < 1.29 is 22.7 Å². The number of nitrogens with zero attached hydrogens (tertiary/aromatic N) is 7. The lowest BCUT2D eigenvalue weighted by Gasteiger charge is -2.40. The van der Waals surface area contributed by atoms with E-state index in [2.05, 4.69) is 19.9 Å². The molecule has 1 fully saturated rings. The summed E-state index contributed by atoms with van der Waals surface area (Å²) in [4.78, 5) is 33.3. The lowest BCUT2D eigenvalue weighted by Crippen LogP contribution is -2.54. The molecule has 0 radical (unpaired) electrons. The van der Waals surface area contributed by atoms with Crippen molar-refractivity contribution in [2.45, 2.75) is 25.7 Å². The third-order valence-corrected chi connectivity index (χ3v) is 7.15. The number of pyridine rings is 2. The van der Waals surface area contributed by atoms with Gasteiger partial charge in [-0.05, 0) is 25.1 Å². The number of methoxy groups -OCH3 is 1. The van der Waals surface area contributed by atoms with E-state index in [1.165, 1.54) is 13.3 Å². The van der Waals surface area contributed by atoms with Gasteiger partial charge in [0.15, 0.2) is 5.65 Å². The molecule has 9 nitrogen and oxygen atoms in total. The Kier molecular flexibility index (Phi) is 6.24. The van der Waals surface area contributed by atoms with Gasteiger partial charge in [-0.3, -0.25) is 4.79 Å². The van der Waals surface area contributed by atoms with Gasteiger partial charge >= 0.3 is 6.18 Å². The van der Waals surface area contributed by atoms with E-state index in [4.69, 9.17) is 4.74 Å². The number of hydrogen-bond donors (Lipinski definition) is 0. The summed E-state index contributed by atoms with van der Waals surface area (Å²) in [6, 6.07) is 6.59. The van der Waals surface area contributed by atoms with Gasteiger partial charge in [-0.1, -0.05) is 11.3 Å². The summed E-state index contributed by atoms with van der Waals surface area (Å²) < 4.78 is 47.4. The second-order valence-corrected chi connectivity index (χ2v) is 9.34. The molecule has 0 bridgehead atoms. The third kappa shape index (κ3) is 4.57. The van der Waals surface area contributed by atoms with Crippen molar-refractivity contribution in [2.75, 3.05) is 31.6 Å². The smallest absolute Gasteiger partial charge is 0.443 e. The molecule has 1 amide bonds. The van der Waals surface area contributed by atoms with Crippen molar-refractivity contribution in [1.82, 2.24) is 29.4 Å². The van der Waals surface area contributed by atoms with Crippen LogP contribution in [0.4, 0.5) is 18.2 Å². The minimum absolute atomic E-state index is 0.0827. The molecular weight excluding hydrogens is 495 g/mol. The highest BCUT2D eigenvalue weighted by atomic mass is 32.1. The lowest BCUT2D eigenvalue weighted by molar-refractivity contribution is -0.137. The quantitative estimate of drug-likeness (QED) is 0.399. The maximum atomic E-state index is 13.5. The number of alkyl halides is 3. The van der Waals surface area contributed by atoms with Crippen LogP contribution in [0.1, 0.15) is 11.9 Å². The molecule has 5 rings (SSSR count). The Balaban J connectivity index is 1.36. The van der Waals surface area contributed by atoms with Crippen LogP contribution in [0.2, 0.25) is 0 Å². The Hall–Kier alpha value is -3.74. The average molecular weight is 518 g/mol. The van der Waals surface area contributed by atoms with Crippen LogP contribution in [0.25, 0.3) is 22.4 Å². The van der Waals surface area contributed by atoms with Gasteiger partial charge in [-0.15, -0.1) is 0 Å². The maximum Gasteiger partial charge on any atom is 0.443 e. The average Bonchev–Trinajstić information content (AvgIpc) is 3.49. The van der Waals surface area contributed by atoms with Crippen LogP contribution in [-0.4, -0.2) is 68.1 Å². The minimum atomic E-state index is -4.57. The van der Waals surface area contributed by atoms with Crippen LogP contribution in [0.3, 0.4) is 0 Å². The predicted octanol–water partition coefficient (Wildman–Crippen LogP) is 3.71. The summed E-state index contributed by atoms with van der Waals surface area (Å²) in [6.07, 6.45) is 0.112. The maximum absolute atomic E-state index is 13.5. The van der Waals surface area contributed by atoms with E-state index in [-0.39, 0.29) is 24.2 Å². The molecule has 0 spiro atoms. The second-order valence-electron chi connectivity index (χ2n) is 8.36. The number of rotatable bonds is 5. The van der Waals surface area contributed by atoms with E-state index in [0.29, 0.717) is 58.6 Å². The lowest BCUT2D eigenvalue weighted by atomic mass is 10.1. The molecule has 13 heteroatoms. The fourth-order valence-corrected chi connectivity index (χ4v) is 5.23. The number of carbonyl (C=O) groups excluding carboxylic acids is 1. The molecule has 5 heterocycles. The van der Waals surface area contributed by atoms with Crippen LogP contribution in [-0.2, 0) is 17.5 Å². The number of fused-ring (bicyclic) bond motifs is 1. The van der Waals surface area contributed by atoms with Gasteiger partial charge in [0.25, 0.3) is 0 Å². The van der Waals surface area contributed by atoms with Crippen molar-refractivity contribution in [2.24, 2.45) is 0 Å². The molecule has 188 valence electrons. The molecule has 0 aromatic carbocycles. The fraction of sp³-hybridized carbons (Fsp3) is 0.348. The highest BCUT2D eigenvalue weighted by molar-refractivity contribution is 7.16. The molecule has 0 aliphatic carbocycles. The first-order valence-corrected chi connectivity index (χ1v) is 11.9. The Labute approximate surface area is 208 Å². The van der Waals surface area contributed by atoms with Crippen molar-refractivity contribution in [3.63, 3.8) is 0 Å². The molecule has 4 aromatic rings. The molecule has 1 aliphatic rings. The Morgan fingerprint density at radius 1 is 1.19 bits per heavy atom. The zero-order valence-electron chi connectivity index (χ0n) is 19.4. The number of carbonyl (C=O) groups is 1. The van der Waals surface area contributed by atoms with Crippen LogP contribution in [0.15, 0.2) is 43.0 Å². The van der Waals surface area contributed by atoms with Crippen LogP contribution in [0.5, 0.6) is 5.88 Å². The fourth-order valence-electron chi connectivity index (χ4n) is 4.24. The van der Waals surface area contributed by atoms with Gasteiger partial charge in [0.1, 0.15) is 22.8 Å². The molecule has 1 atom stereocenters. The number of imidazole rings is 1. The SMILES string of the molecule is COc1ccc(-c2nc(C(F)(F)F)sc2N2CCN(C(=O)Cn3cnc4cccnc43)[C@H](C)C2)cn1. The molecule has 36 heavy (non-hydrogen) atoms. The van der Waals surface area contributed by atoms with E-state index >= 15 is 0 Å². The number of piperazine rings is 1. The summed E-state index contributed by atoms with van der Waals surface area (Å²) in [5.74, 6) is 0.250. The summed E-state index contributed by atoms with van der Waals surface area (Å²) >= 11 is 0.601. The van der Waals surface area contributed by atoms with Crippen molar-refractivity contribution >= 4 is 33.4 Å². The summed E-state index contributed by atoms with van der Waals surface area (Å²) in [5.41, 5.74) is 2.00. The summed E-state index contributed by atoms with van der Waals surface area (Å²) in [5, 5.41) is -0.521. The Bertz CT molecular complexity index is 1390. The largest absolute Gasteiger partial charge is 0.481 e. The number of ether oxygens (including phenoxy) is 1. The molecule has 1 aliphatic heterocycles.